The maximum Gasteiger partial charge on any atom is 0.269 e. The predicted octanol–water partition coefficient (Wildman–Crippen LogP) is 5.36. The highest BCUT2D eigenvalue weighted by molar-refractivity contribution is 6.14. The lowest BCUT2D eigenvalue weighted by atomic mass is 10.0. The van der Waals surface area contributed by atoms with Crippen molar-refractivity contribution >= 4 is 17.5 Å². The van der Waals surface area contributed by atoms with Crippen molar-refractivity contribution in [3.8, 4) is 17.6 Å². The maximum atomic E-state index is 12.6. The van der Waals surface area contributed by atoms with Gasteiger partial charge in [0.05, 0.1) is 11.5 Å². The molecule has 0 amide bonds. The van der Waals surface area contributed by atoms with Gasteiger partial charge in [0.2, 0.25) is 5.78 Å². The summed E-state index contributed by atoms with van der Waals surface area (Å²) in [4.78, 5) is 22.9. The number of Topliss-reactive ketones (excluding diaryl/α,β-unsaturated/α-hetero) is 1. The zero-order chi connectivity index (χ0) is 22.9. The smallest absolute Gasteiger partial charge is 0.269 e. The van der Waals surface area contributed by atoms with Crippen LogP contribution in [0.4, 0.5) is 5.69 Å². The Labute approximate surface area is 185 Å². The standard InChI is InChI=1S/C25H20N2O5/c1-2-31-24-15-19(14-21(16-26)25(28)20-6-4-3-5-7-20)10-13-23(24)32-17-18-8-11-22(12-9-18)27(29)30/h3-15H,2,17H2,1H3/b21-14+. The van der Waals surface area contributed by atoms with Crippen LogP contribution in [0.2, 0.25) is 0 Å². The van der Waals surface area contributed by atoms with Gasteiger partial charge in [0.1, 0.15) is 18.2 Å². The predicted molar refractivity (Wildman–Crippen MR) is 119 cm³/mol. The summed E-state index contributed by atoms with van der Waals surface area (Å²) < 4.78 is 11.5. The molecule has 7 nitrogen and oxygen atoms in total. The number of ketones is 1. The van der Waals surface area contributed by atoms with Gasteiger partial charge in [-0.25, -0.2) is 0 Å². The Morgan fingerprint density at radius 3 is 2.38 bits per heavy atom. The number of rotatable bonds is 9. The molecule has 0 aliphatic heterocycles. The van der Waals surface area contributed by atoms with E-state index in [9.17, 15) is 20.2 Å². The number of benzene rings is 3. The third-order valence-corrected chi connectivity index (χ3v) is 4.52. The summed E-state index contributed by atoms with van der Waals surface area (Å²) >= 11 is 0. The minimum absolute atomic E-state index is 0.0122. The van der Waals surface area contributed by atoms with E-state index in [4.69, 9.17) is 9.47 Å². The molecule has 0 saturated carbocycles. The van der Waals surface area contributed by atoms with E-state index < -0.39 is 4.92 Å². The van der Waals surface area contributed by atoms with E-state index in [0.717, 1.165) is 5.56 Å². The lowest BCUT2D eigenvalue weighted by Crippen LogP contribution is -2.02. The van der Waals surface area contributed by atoms with Crippen molar-refractivity contribution in [3.63, 3.8) is 0 Å². The topological polar surface area (TPSA) is 102 Å². The lowest BCUT2D eigenvalue weighted by molar-refractivity contribution is -0.384. The number of nitro benzene ring substituents is 1. The van der Waals surface area contributed by atoms with Gasteiger partial charge >= 0.3 is 0 Å². The molecule has 7 heteroatoms. The summed E-state index contributed by atoms with van der Waals surface area (Å²) in [5, 5.41) is 20.2. The molecule has 0 heterocycles. The van der Waals surface area contributed by atoms with E-state index in [-0.39, 0.29) is 23.7 Å². The maximum absolute atomic E-state index is 12.6. The summed E-state index contributed by atoms with van der Waals surface area (Å²) in [5.74, 6) is 0.590. The second-order valence-electron chi connectivity index (χ2n) is 6.72. The first-order chi connectivity index (χ1) is 15.5. The number of nitriles is 1. The van der Waals surface area contributed by atoms with Crippen molar-refractivity contribution in [1.82, 2.24) is 0 Å². The van der Waals surface area contributed by atoms with Crippen LogP contribution in [0, 0.1) is 21.4 Å². The number of non-ortho nitro benzene ring substituents is 1. The van der Waals surface area contributed by atoms with E-state index in [2.05, 4.69) is 0 Å². The highest BCUT2D eigenvalue weighted by Gasteiger charge is 2.13. The van der Waals surface area contributed by atoms with Crippen LogP contribution in [0.5, 0.6) is 11.5 Å². The monoisotopic (exact) mass is 428 g/mol. The van der Waals surface area contributed by atoms with E-state index in [0.29, 0.717) is 29.2 Å². The fraction of sp³-hybridized carbons (Fsp3) is 0.120. The second kappa shape index (κ2) is 10.5. The van der Waals surface area contributed by atoms with Crippen molar-refractivity contribution in [3.05, 3.63) is 105 Å². The van der Waals surface area contributed by atoms with Crippen molar-refractivity contribution in [2.45, 2.75) is 13.5 Å². The normalized spacial score (nSPS) is 10.8. The fourth-order valence-corrected chi connectivity index (χ4v) is 2.94. The zero-order valence-corrected chi connectivity index (χ0v) is 17.4. The Hall–Kier alpha value is -4.44. The molecule has 0 N–H and O–H groups in total. The highest BCUT2D eigenvalue weighted by Crippen LogP contribution is 2.30. The van der Waals surface area contributed by atoms with Crippen molar-refractivity contribution in [2.24, 2.45) is 0 Å². The van der Waals surface area contributed by atoms with Gasteiger partial charge in [-0.1, -0.05) is 36.4 Å². The number of carbonyl (C=O) groups is 1. The quantitative estimate of drug-likeness (QED) is 0.149. The summed E-state index contributed by atoms with van der Waals surface area (Å²) in [6.45, 7) is 2.43. The van der Waals surface area contributed by atoms with E-state index in [1.165, 1.54) is 18.2 Å². The molecule has 0 aromatic heterocycles. The summed E-state index contributed by atoms with van der Waals surface area (Å²) in [6, 6.07) is 21.8. The Balaban J connectivity index is 1.80. The van der Waals surface area contributed by atoms with Gasteiger partial charge in [0, 0.05) is 17.7 Å². The van der Waals surface area contributed by atoms with Gasteiger partial charge in [0.25, 0.3) is 5.69 Å². The van der Waals surface area contributed by atoms with E-state index in [1.54, 1.807) is 60.7 Å². The Bertz CT molecular complexity index is 1180. The molecule has 0 fully saturated rings. The summed E-state index contributed by atoms with van der Waals surface area (Å²) in [5.41, 5.74) is 1.85. The molecule has 32 heavy (non-hydrogen) atoms. The Morgan fingerprint density at radius 2 is 1.75 bits per heavy atom. The van der Waals surface area contributed by atoms with Crippen LogP contribution in [0.1, 0.15) is 28.4 Å². The minimum atomic E-state index is -0.456. The Morgan fingerprint density at radius 1 is 1.03 bits per heavy atom. The van der Waals surface area contributed by atoms with Gasteiger partial charge in [-0.15, -0.1) is 0 Å². The van der Waals surface area contributed by atoms with Gasteiger partial charge in [-0.3, -0.25) is 14.9 Å². The Kier molecular flexibility index (Phi) is 7.33. The van der Waals surface area contributed by atoms with Crippen LogP contribution >= 0.6 is 0 Å². The number of ether oxygens (including phenoxy) is 2. The second-order valence-corrected chi connectivity index (χ2v) is 6.72. The molecule has 3 rings (SSSR count). The molecule has 0 atom stereocenters. The molecular weight excluding hydrogens is 408 g/mol. The molecular formula is C25H20N2O5. The molecule has 0 aliphatic rings. The number of hydrogen-bond donors (Lipinski definition) is 0. The van der Waals surface area contributed by atoms with E-state index in [1.807, 2.05) is 13.0 Å². The van der Waals surface area contributed by atoms with Crippen molar-refractivity contribution in [1.29, 1.82) is 5.26 Å². The third kappa shape index (κ3) is 5.58. The number of nitro groups is 1. The zero-order valence-electron chi connectivity index (χ0n) is 17.4. The molecule has 0 unspecified atom stereocenters. The largest absolute Gasteiger partial charge is 0.490 e. The first-order valence-corrected chi connectivity index (χ1v) is 9.86. The molecule has 0 aliphatic carbocycles. The molecule has 3 aromatic carbocycles. The lowest BCUT2D eigenvalue weighted by Gasteiger charge is -2.13. The molecule has 160 valence electrons. The highest BCUT2D eigenvalue weighted by atomic mass is 16.6. The first-order valence-electron chi connectivity index (χ1n) is 9.86. The van der Waals surface area contributed by atoms with Crippen molar-refractivity contribution < 1.29 is 19.2 Å². The SMILES string of the molecule is CCOc1cc(/C=C(\C#N)C(=O)c2ccccc2)ccc1OCc1ccc([N+](=O)[O-])cc1. The minimum Gasteiger partial charge on any atom is -0.490 e. The average Bonchev–Trinajstić information content (AvgIpc) is 2.82. The van der Waals surface area contributed by atoms with Crippen LogP contribution in [0.25, 0.3) is 6.08 Å². The molecule has 0 saturated heterocycles. The number of allylic oxidation sites excluding steroid dienone is 1. The summed E-state index contributed by atoms with van der Waals surface area (Å²) in [6.07, 6.45) is 1.51. The van der Waals surface area contributed by atoms with Crippen LogP contribution in [-0.4, -0.2) is 17.3 Å². The fourth-order valence-electron chi connectivity index (χ4n) is 2.94. The van der Waals surface area contributed by atoms with E-state index >= 15 is 0 Å². The van der Waals surface area contributed by atoms with Crippen LogP contribution in [-0.2, 0) is 6.61 Å². The van der Waals surface area contributed by atoms with Gasteiger partial charge in [-0.2, -0.15) is 5.26 Å². The summed E-state index contributed by atoms with van der Waals surface area (Å²) in [7, 11) is 0. The molecule has 3 aromatic rings. The third-order valence-electron chi connectivity index (χ3n) is 4.52. The van der Waals surface area contributed by atoms with Crippen LogP contribution < -0.4 is 9.47 Å². The number of nitrogens with zero attached hydrogens (tertiary/aromatic N) is 2. The van der Waals surface area contributed by atoms with Crippen LogP contribution in [0.3, 0.4) is 0 Å². The molecule has 0 bridgehead atoms. The average molecular weight is 428 g/mol. The number of carbonyl (C=O) groups excluding carboxylic acids is 1. The first kappa shape index (κ1) is 22.2. The van der Waals surface area contributed by atoms with Crippen LogP contribution in [0.15, 0.2) is 78.4 Å². The number of hydrogen-bond acceptors (Lipinski definition) is 6. The molecule has 0 radical (unpaired) electrons. The van der Waals surface area contributed by atoms with Crippen molar-refractivity contribution in [2.75, 3.05) is 6.61 Å². The molecule has 0 spiro atoms. The van der Waals surface area contributed by atoms with Gasteiger partial charge in [0.15, 0.2) is 11.5 Å². The van der Waals surface area contributed by atoms with Gasteiger partial charge < -0.3 is 9.47 Å². The van der Waals surface area contributed by atoms with Gasteiger partial charge in [-0.05, 0) is 48.4 Å².